The molecule has 0 spiro atoms. The smallest absolute Gasteiger partial charge is 0.325 e. The van der Waals surface area contributed by atoms with Gasteiger partial charge in [-0.15, -0.1) is 0 Å². The first-order chi connectivity index (χ1) is 18.8. The van der Waals surface area contributed by atoms with Gasteiger partial charge in [0.05, 0.1) is 20.3 Å². The Morgan fingerprint density at radius 2 is 2.03 bits per heavy atom. The number of carboxylic acids is 1. The number of nitrogens with one attached hydrogen (secondary N) is 1. The number of fused-ring (bicyclic) bond motifs is 1. The summed E-state index contributed by atoms with van der Waals surface area (Å²) in [5, 5.41) is 13.5. The monoisotopic (exact) mass is 543 g/mol. The molecule has 8 nitrogen and oxygen atoms in total. The second kappa shape index (κ2) is 13.4. The molecule has 39 heavy (non-hydrogen) atoms. The summed E-state index contributed by atoms with van der Waals surface area (Å²) in [5.74, 6) is 0.398. The number of hydrogen-bond acceptors (Lipinski definition) is 7. The van der Waals surface area contributed by atoms with Crippen LogP contribution in [0.2, 0.25) is 0 Å². The van der Waals surface area contributed by atoms with Gasteiger partial charge < -0.3 is 24.6 Å². The van der Waals surface area contributed by atoms with Crippen molar-refractivity contribution in [2.24, 2.45) is 0 Å². The van der Waals surface area contributed by atoms with Crippen LogP contribution in [0.3, 0.4) is 0 Å². The molecule has 0 amide bonds. The lowest BCUT2D eigenvalue weighted by molar-refractivity contribution is -0.143. The van der Waals surface area contributed by atoms with Crippen LogP contribution in [0.1, 0.15) is 80.3 Å². The van der Waals surface area contributed by atoms with Crippen molar-refractivity contribution in [3.8, 4) is 11.5 Å². The molecular formula is C30H42FN3O5. The van der Waals surface area contributed by atoms with Gasteiger partial charge in [0, 0.05) is 49.1 Å². The van der Waals surface area contributed by atoms with Crippen LogP contribution >= 0.6 is 0 Å². The maximum atomic E-state index is 14.8. The Kier molecular flexibility index (Phi) is 10.0. The molecule has 0 radical (unpaired) electrons. The number of ether oxygens (including phenoxy) is 3. The van der Waals surface area contributed by atoms with E-state index in [9.17, 15) is 14.3 Å². The summed E-state index contributed by atoms with van der Waals surface area (Å²) in [4.78, 5) is 19.0. The van der Waals surface area contributed by atoms with Crippen LogP contribution in [0.4, 0.5) is 10.2 Å². The fourth-order valence-electron chi connectivity index (χ4n) is 5.60. The molecule has 0 unspecified atom stereocenters. The summed E-state index contributed by atoms with van der Waals surface area (Å²) in [5.41, 5.74) is 3.33. The topological polar surface area (TPSA) is 93.2 Å². The SMILES string of the molecule is COc1cc(CCCCCO[C@@H]2CCN([C@H](C(=O)O)c3cc(C(C)C)cc(F)c3OC)C2)nc2c1CCCN2. The molecule has 1 saturated heterocycles. The Labute approximate surface area is 230 Å². The molecule has 3 heterocycles. The Morgan fingerprint density at radius 3 is 2.74 bits per heavy atom. The van der Waals surface area contributed by atoms with E-state index in [1.165, 1.54) is 18.7 Å². The number of anilines is 1. The average Bonchev–Trinajstić information content (AvgIpc) is 3.37. The van der Waals surface area contributed by atoms with Crippen LogP contribution in [0.15, 0.2) is 18.2 Å². The molecular weight excluding hydrogens is 501 g/mol. The molecule has 1 fully saturated rings. The normalized spacial score (nSPS) is 18.1. The van der Waals surface area contributed by atoms with Crippen LogP contribution in [0, 0.1) is 5.82 Å². The Balaban J connectivity index is 1.27. The molecule has 214 valence electrons. The zero-order valence-electron chi connectivity index (χ0n) is 23.6. The van der Waals surface area contributed by atoms with E-state index in [-0.39, 0.29) is 17.8 Å². The van der Waals surface area contributed by atoms with Gasteiger partial charge in [-0.2, -0.15) is 0 Å². The molecule has 2 aromatic rings. The van der Waals surface area contributed by atoms with Gasteiger partial charge in [0.15, 0.2) is 11.6 Å². The van der Waals surface area contributed by atoms with Crippen molar-refractivity contribution in [1.82, 2.24) is 9.88 Å². The lowest BCUT2D eigenvalue weighted by Gasteiger charge is -2.27. The van der Waals surface area contributed by atoms with Crippen molar-refractivity contribution in [2.45, 2.75) is 76.9 Å². The van der Waals surface area contributed by atoms with Crippen LogP contribution in [0.25, 0.3) is 0 Å². The molecule has 4 rings (SSSR count). The summed E-state index contributed by atoms with van der Waals surface area (Å²) in [7, 11) is 3.09. The van der Waals surface area contributed by atoms with Crippen molar-refractivity contribution < 1.29 is 28.5 Å². The first-order valence-electron chi connectivity index (χ1n) is 14.1. The predicted molar refractivity (Wildman–Crippen MR) is 149 cm³/mol. The molecule has 2 aliphatic rings. The second-order valence-electron chi connectivity index (χ2n) is 10.8. The number of aromatic nitrogens is 1. The van der Waals surface area contributed by atoms with E-state index in [0.29, 0.717) is 25.3 Å². The minimum atomic E-state index is -1.02. The Hall–Kier alpha value is -2.91. The van der Waals surface area contributed by atoms with Gasteiger partial charge in [-0.1, -0.05) is 20.3 Å². The Morgan fingerprint density at radius 1 is 1.21 bits per heavy atom. The molecule has 9 heteroatoms. The van der Waals surface area contributed by atoms with Crippen molar-refractivity contribution in [1.29, 1.82) is 0 Å². The van der Waals surface area contributed by atoms with Crippen molar-refractivity contribution in [2.75, 3.05) is 45.8 Å². The number of aryl methyl sites for hydroxylation is 1. The second-order valence-corrected chi connectivity index (χ2v) is 10.8. The van der Waals surface area contributed by atoms with Crippen LogP contribution in [-0.4, -0.2) is 67.5 Å². The van der Waals surface area contributed by atoms with Gasteiger partial charge in [0.2, 0.25) is 0 Å². The quantitative estimate of drug-likeness (QED) is 0.327. The molecule has 0 bridgehead atoms. The van der Waals surface area contributed by atoms with Crippen molar-refractivity contribution in [3.05, 3.63) is 46.4 Å². The molecule has 1 aromatic heterocycles. The summed E-state index contributed by atoms with van der Waals surface area (Å²) in [6.07, 6.45) is 6.62. The number of halogens is 1. The fourth-order valence-corrected chi connectivity index (χ4v) is 5.60. The Bertz CT molecular complexity index is 1120. The maximum absolute atomic E-state index is 14.8. The minimum Gasteiger partial charge on any atom is -0.496 e. The summed E-state index contributed by atoms with van der Waals surface area (Å²) in [6, 6.07) is 4.27. The van der Waals surface area contributed by atoms with Gasteiger partial charge in [-0.05, 0) is 62.1 Å². The molecule has 2 aliphatic heterocycles. The highest BCUT2D eigenvalue weighted by molar-refractivity contribution is 5.77. The molecule has 0 aliphatic carbocycles. The number of likely N-dealkylation sites (tertiary alicyclic amines) is 1. The predicted octanol–water partition coefficient (Wildman–Crippen LogP) is 5.35. The summed E-state index contributed by atoms with van der Waals surface area (Å²) >= 11 is 0. The fraction of sp³-hybridized carbons (Fsp3) is 0.600. The van der Waals surface area contributed by atoms with Gasteiger partial charge >= 0.3 is 5.97 Å². The van der Waals surface area contributed by atoms with E-state index >= 15 is 0 Å². The van der Waals surface area contributed by atoms with E-state index in [2.05, 4.69) is 11.4 Å². The zero-order valence-corrected chi connectivity index (χ0v) is 23.6. The number of hydrogen-bond donors (Lipinski definition) is 2. The van der Waals surface area contributed by atoms with Gasteiger partial charge in [-0.25, -0.2) is 9.37 Å². The third kappa shape index (κ3) is 7.00. The summed E-state index contributed by atoms with van der Waals surface area (Å²) < 4.78 is 31.8. The van der Waals surface area contributed by atoms with E-state index in [0.717, 1.165) is 74.3 Å². The van der Waals surface area contributed by atoms with Crippen LogP contribution in [0.5, 0.6) is 11.5 Å². The third-order valence-corrected chi connectivity index (χ3v) is 7.72. The standard InChI is InChI=1S/C30H42FN3O5/c1-19(2)20-15-24(28(38-4)25(31)16-20)27(30(35)36)34-13-11-22(18-34)39-14-7-5-6-9-21-17-26(37-3)23-10-8-12-32-29(23)33-21/h15-17,19,22,27H,5-14,18H2,1-4H3,(H,32,33)(H,35,36)/t22-,27+/m1/s1. The van der Waals surface area contributed by atoms with Crippen molar-refractivity contribution in [3.63, 3.8) is 0 Å². The van der Waals surface area contributed by atoms with Gasteiger partial charge in [0.1, 0.15) is 17.6 Å². The number of aliphatic carboxylic acids is 1. The number of benzene rings is 1. The number of carboxylic acid groups (broad SMARTS) is 1. The zero-order chi connectivity index (χ0) is 27.9. The van der Waals surface area contributed by atoms with Crippen molar-refractivity contribution >= 4 is 11.8 Å². The highest BCUT2D eigenvalue weighted by atomic mass is 19.1. The molecule has 1 aromatic carbocycles. The first-order valence-corrected chi connectivity index (χ1v) is 14.1. The first kappa shape index (κ1) is 29.1. The van der Waals surface area contributed by atoms with E-state index in [1.807, 2.05) is 18.7 Å². The van der Waals surface area contributed by atoms with Gasteiger partial charge in [0.25, 0.3) is 0 Å². The number of carbonyl (C=O) groups is 1. The minimum absolute atomic E-state index is 0.00186. The lowest BCUT2D eigenvalue weighted by Crippen LogP contribution is -2.34. The highest BCUT2D eigenvalue weighted by Gasteiger charge is 2.36. The highest BCUT2D eigenvalue weighted by Crippen LogP contribution is 2.37. The third-order valence-electron chi connectivity index (χ3n) is 7.72. The summed E-state index contributed by atoms with van der Waals surface area (Å²) in [6.45, 7) is 6.54. The van der Waals surface area contributed by atoms with Crippen LogP contribution in [-0.2, 0) is 22.4 Å². The molecule has 0 saturated carbocycles. The van der Waals surface area contributed by atoms with E-state index < -0.39 is 17.8 Å². The number of rotatable bonds is 13. The van der Waals surface area contributed by atoms with Crippen LogP contribution < -0.4 is 14.8 Å². The molecule has 2 atom stereocenters. The number of unbranched alkanes of at least 4 members (excludes halogenated alkanes) is 2. The maximum Gasteiger partial charge on any atom is 0.325 e. The number of methoxy groups -OCH3 is 2. The van der Waals surface area contributed by atoms with Gasteiger partial charge in [-0.3, -0.25) is 9.69 Å². The van der Waals surface area contributed by atoms with E-state index in [1.54, 1.807) is 13.2 Å². The average molecular weight is 544 g/mol. The largest absolute Gasteiger partial charge is 0.496 e. The lowest BCUT2D eigenvalue weighted by atomic mass is 9.95. The number of nitrogens with zero attached hydrogens (tertiary/aromatic N) is 2. The molecule has 2 N–H and O–H groups in total. The van der Waals surface area contributed by atoms with E-state index in [4.69, 9.17) is 19.2 Å². The number of pyridine rings is 1.